The van der Waals surface area contributed by atoms with E-state index in [9.17, 15) is 8.42 Å². The van der Waals surface area contributed by atoms with Crippen molar-refractivity contribution in [2.24, 2.45) is 7.05 Å². The predicted octanol–water partition coefficient (Wildman–Crippen LogP) is 2.01. The van der Waals surface area contributed by atoms with Gasteiger partial charge in [-0.25, -0.2) is 13.1 Å². The molecule has 1 N–H and O–H groups in total. The summed E-state index contributed by atoms with van der Waals surface area (Å²) in [6.07, 6.45) is 4.22. The minimum Gasteiger partial charge on any atom is -0.276 e. The smallest absolute Gasteiger partial charge is 0.240 e. The summed E-state index contributed by atoms with van der Waals surface area (Å²) >= 11 is 3.36. The molecule has 0 amide bonds. The Bertz CT molecular complexity index is 710. The summed E-state index contributed by atoms with van der Waals surface area (Å²) in [7, 11) is -1.63. The van der Waals surface area contributed by atoms with Crippen LogP contribution in [0, 0.1) is 6.92 Å². The van der Waals surface area contributed by atoms with Crippen molar-refractivity contribution >= 4 is 26.0 Å². The molecule has 0 unspecified atom stereocenters. The quantitative estimate of drug-likeness (QED) is 0.889. The molecule has 108 valence electrons. The van der Waals surface area contributed by atoms with Gasteiger partial charge in [0.15, 0.2) is 0 Å². The highest BCUT2D eigenvalue weighted by atomic mass is 79.9. The van der Waals surface area contributed by atoms with E-state index >= 15 is 0 Å². The summed E-state index contributed by atoms with van der Waals surface area (Å²) in [5.41, 5.74) is 1.89. The van der Waals surface area contributed by atoms with Crippen molar-refractivity contribution in [1.29, 1.82) is 0 Å². The van der Waals surface area contributed by atoms with E-state index < -0.39 is 10.0 Å². The normalized spacial score (nSPS) is 11.8. The van der Waals surface area contributed by atoms with Gasteiger partial charge >= 0.3 is 0 Å². The molecule has 0 radical (unpaired) electrons. The Kier molecular flexibility index (Phi) is 4.62. The van der Waals surface area contributed by atoms with Gasteiger partial charge in [0.1, 0.15) is 0 Å². The fourth-order valence-corrected chi connectivity index (χ4v) is 3.16. The molecule has 0 aliphatic carbocycles. The minimum atomic E-state index is -3.46. The second-order valence-corrected chi connectivity index (χ2v) is 7.20. The Morgan fingerprint density at radius 1 is 1.40 bits per heavy atom. The number of halogens is 1. The van der Waals surface area contributed by atoms with Gasteiger partial charge in [-0.05, 0) is 42.7 Å². The fourth-order valence-electron chi connectivity index (χ4n) is 1.80. The van der Waals surface area contributed by atoms with Crippen LogP contribution in [-0.4, -0.2) is 24.7 Å². The lowest BCUT2D eigenvalue weighted by atomic mass is 10.2. The van der Waals surface area contributed by atoms with Crippen LogP contribution < -0.4 is 4.72 Å². The maximum atomic E-state index is 12.1. The van der Waals surface area contributed by atoms with Crippen molar-refractivity contribution in [1.82, 2.24) is 14.5 Å². The van der Waals surface area contributed by atoms with Crippen molar-refractivity contribution in [2.45, 2.75) is 18.2 Å². The van der Waals surface area contributed by atoms with Gasteiger partial charge in [-0.15, -0.1) is 0 Å². The van der Waals surface area contributed by atoms with Crippen LogP contribution in [0.15, 0.2) is 40.0 Å². The second-order valence-electron chi connectivity index (χ2n) is 4.58. The van der Waals surface area contributed by atoms with E-state index in [0.717, 1.165) is 15.6 Å². The molecule has 0 bridgehead atoms. The zero-order valence-corrected chi connectivity index (χ0v) is 13.7. The molecular formula is C13H16BrN3O2S. The van der Waals surface area contributed by atoms with Gasteiger partial charge < -0.3 is 0 Å². The van der Waals surface area contributed by atoms with Crippen molar-refractivity contribution in [2.75, 3.05) is 6.54 Å². The van der Waals surface area contributed by atoms with Gasteiger partial charge in [-0.2, -0.15) is 5.10 Å². The molecule has 20 heavy (non-hydrogen) atoms. The molecule has 0 atom stereocenters. The number of benzene rings is 1. The molecule has 7 heteroatoms. The third-order valence-electron chi connectivity index (χ3n) is 2.90. The third kappa shape index (κ3) is 3.68. The van der Waals surface area contributed by atoms with Crippen molar-refractivity contribution < 1.29 is 8.42 Å². The van der Waals surface area contributed by atoms with E-state index in [2.05, 4.69) is 25.8 Å². The summed E-state index contributed by atoms with van der Waals surface area (Å²) in [5.74, 6) is 0. The van der Waals surface area contributed by atoms with Crippen LogP contribution in [-0.2, 0) is 23.5 Å². The van der Waals surface area contributed by atoms with Gasteiger partial charge in [0.2, 0.25) is 10.0 Å². The predicted molar refractivity (Wildman–Crippen MR) is 81.0 cm³/mol. The molecular weight excluding hydrogens is 342 g/mol. The van der Waals surface area contributed by atoms with Gasteiger partial charge in [0.25, 0.3) is 0 Å². The Morgan fingerprint density at radius 2 is 2.15 bits per heavy atom. The number of nitrogens with one attached hydrogen (secondary N) is 1. The second kappa shape index (κ2) is 6.07. The van der Waals surface area contributed by atoms with Crippen LogP contribution in [0.25, 0.3) is 0 Å². The topological polar surface area (TPSA) is 64.0 Å². The summed E-state index contributed by atoms with van der Waals surface area (Å²) in [6.45, 7) is 2.21. The van der Waals surface area contributed by atoms with Crippen LogP contribution in [0.1, 0.15) is 11.1 Å². The lowest BCUT2D eigenvalue weighted by Crippen LogP contribution is -2.26. The lowest BCUT2D eigenvalue weighted by molar-refractivity contribution is 0.581. The van der Waals surface area contributed by atoms with E-state index in [-0.39, 0.29) is 4.90 Å². The molecule has 2 rings (SSSR count). The zero-order chi connectivity index (χ0) is 14.8. The molecule has 1 heterocycles. The first-order chi connectivity index (χ1) is 9.38. The van der Waals surface area contributed by atoms with Crippen molar-refractivity contribution in [3.63, 3.8) is 0 Å². The number of hydrogen-bond acceptors (Lipinski definition) is 3. The number of rotatable bonds is 5. The van der Waals surface area contributed by atoms with Crippen molar-refractivity contribution in [3.8, 4) is 0 Å². The zero-order valence-electron chi connectivity index (χ0n) is 11.3. The molecule has 1 aromatic carbocycles. The summed E-state index contributed by atoms with van der Waals surface area (Å²) in [5, 5.41) is 4.05. The van der Waals surface area contributed by atoms with E-state index in [1.54, 1.807) is 29.1 Å². The number of aromatic nitrogens is 2. The Balaban J connectivity index is 2.02. The molecule has 5 nitrogen and oxygen atoms in total. The molecule has 0 saturated carbocycles. The third-order valence-corrected chi connectivity index (χ3v) is 5.25. The Labute approximate surface area is 127 Å². The molecule has 1 aromatic heterocycles. The molecule has 0 aliphatic rings. The standard InChI is InChI=1S/C13H16BrN3O2S/c1-10-7-12(3-4-13(10)14)20(18,19)16-6-5-11-8-15-17(2)9-11/h3-4,7-9,16H,5-6H2,1-2H3. The maximum absolute atomic E-state index is 12.1. The molecule has 0 fully saturated rings. The Hall–Kier alpha value is -1.18. The van der Waals surface area contributed by atoms with Crippen molar-refractivity contribution in [3.05, 3.63) is 46.2 Å². The highest BCUT2D eigenvalue weighted by Crippen LogP contribution is 2.19. The van der Waals surface area contributed by atoms with Crippen LogP contribution in [0.2, 0.25) is 0 Å². The molecule has 0 aliphatic heterocycles. The number of sulfonamides is 1. The summed E-state index contributed by atoms with van der Waals surface area (Å²) in [6, 6.07) is 4.98. The van der Waals surface area contributed by atoms with Crippen LogP contribution >= 0.6 is 15.9 Å². The molecule has 0 spiro atoms. The van der Waals surface area contributed by atoms with E-state index in [4.69, 9.17) is 0 Å². The maximum Gasteiger partial charge on any atom is 0.240 e. The lowest BCUT2D eigenvalue weighted by Gasteiger charge is -2.07. The van der Waals surface area contributed by atoms with E-state index in [1.165, 1.54) is 0 Å². The SMILES string of the molecule is Cc1cc(S(=O)(=O)NCCc2cnn(C)c2)ccc1Br. The first-order valence-electron chi connectivity index (χ1n) is 6.12. The highest BCUT2D eigenvalue weighted by Gasteiger charge is 2.14. The van der Waals surface area contributed by atoms with Crippen LogP contribution in [0.3, 0.4) is 0 Å². The first kappa shape index (κ1) is 15.2. The average molecular weight is 358 g/mol. The van der Waals surface area contributed by atoms with Gasteiger partial charge in [0, 0.05) is 24.3 Å². The van der Waals surface area contributed by atoms with E-state index in [0.29, 0.717) is 13.0 Å². The van der Waals surface area contributed by atoms with Gasteiger partial charge in [-0.1, -0.05) is 15.9 Å². The van der Waals surface area contributed by atoms with Gasteiger partial charge in [-0.3, -0.25) is 4.68 Å². The van der Waals surface area contributed by atoms with Crippen LogP contribution in [0.5, 0.6) is 0 Å². The fraction of sp³-hybridized carbons (Fsp3) is 0.308. The Morgan fingerprint density at radius 3 is 2.75 bits per heavy atom. The minimum absolute atomic E-state index is 0.282. The average Bonchev–Trinajstić information content (AvgIpc) is 2.78. The van der Waals surface area contributed by atoms with Crippen LogP contribution in [0.4, 0.5) is 0 Å². The summed E-state index contributed by atoms with van der Waals surface area (Å²) in [4.78, 5) is 0.282. The number of hydrogen-bond donors (Lipinski definition) is 1. The molecule has 0 saturated heterocycles. The van der Waals surface area contributed by atoms with Gasteiger partial charge in [0.05, 0.1) is 11.1 Å². The monoisotopic (exact) mass is 357 g/mol. The van der Waals surface area contributed by atoms with E-state index in [1.807, 2.05) is 20.2 Å². The number of aryl methyl sites for hydroxylation is 2. The largest absolute Gasteiger partial charge is 0.276 e. The summed E-state index contributed by atoms with van der Waals surface area (Å²) < 4.78 is 29.5. The molecule has 2 aromatic rings. The first-order valence-corrected chi connectivity index (χ1v) is 8.39. The highest BCUT2D eigenvalue weighted by molar-refractivity contribution is 9.10. The number of nitrogens with zero attached hydrogens (tertiary/aromatic N) is 2.